The van der Waals surface area contributed by atoms with Crippen molar-refractivity contribution >= 4 is 0 Å². The average Bonchev–Trinajstić information content (AvgIpc) is 2.26. The van der Waals surface area contributed by atoms with Gasteiger partial charge in [0.25, 0.3) is 0 Å². The van der Waals surface area contributed by atoms with Gasteiger partial charge in [-0.15, -0.1) is 0 Å². The van der Waals surface area contributed by atoms with E-state index < -0.39 is 0 Å². The lowest BCUT2D eigenvalue weighted by Crippen LogP contribution is -2.32. The second kappa shape index (κ2) is 6.09. The lowest BCUT2D eigenvalue weighted by atomic mass is 9.92. The van der Waals surface area contributed by atoms with E-state index in [0.29, 0.717) is 12.5 Å². The molecule has 0 saturated carbocycles. The molecule has 1 saturated heterocycles. The number of rotatable bonds is 5. The molecule has 0 bridgehead atoms. The molecule has 0 aliphatic carbocycles. The molecule has 0 aromatic heterocycles. The highest BCUT2D eigenvalue weighted by Crippen LogP contribution is 2.18. The van der Waals surface area contributed by atoms with Gasteiger partial charge in [0.2, 0.25) is 0 Å². The fourth-order valence-corrected chi connectivity index (χ4v) is 1.70. The molecule has 1 atom stereocenters. The van der Waals surface area contributed by atoms with Crippen molar-refractivity contribution in [3.63, 3.8) is 0 Å². The molecular weight excluding hydrogens is 188 g/mol. The van der Waals surface area contributed by atoms with Crippen molar-refractivity contribution in [2.45, 2.75) is 33.1 Å². The first-order valence-corrected chi connectivity index (χ1v) is 5.84. The number of nitrogens with one attached hydrogen (secondary N) is 1. The number of piperidine rings is 1. The molecule has 0 aromatic carbocycles. The van der Waals surface area contributed by atoms with Gasteiger partial charge in [-0.05, 0) is 45.6 Å². The minimum Gasteiger partial charge on any atom is -0.381 e. The van der Waals surface area contributed by atoms with Crippen molar-refractivity contribution in [1.82, 2.24) is 5.32 Å². The number of ether oxygens (including phenoxy) is 1. The first-order valence-electron chi connectivity index (χ1n) is 5.84. The quantitative estimate of drug-likeness (QED) is 0.705. The van der Waals surface area contributed by atoms with Gasteiger partial charge in [0, 0.05) is 13.2 Å². The summed E-state index contributed by atoms with van der Waals surface area (Å²) in [6, 6.07) is 2.29. The molecule has 0 spiro atoms. The van der Waals surface area contributed by atoms with Gasteiger partial charge in [-0.1, -0.05) is 0 Å². The van der Waals surface area contributed by atoms with Crippen LogP contribution in [0.4, 0.5) is 0 Å². The van der Waals surface area contributed by atoms with Crippen LogP contribution < -0.4 is 5.32 Å². The Kier molecular flexibility index (Phi) is 5.07. The Labute approximate surface area is 92.8 Å². The zero-order valence-corrected chi connectivity index (χ0v) is 9.88. The van der Waals surface area contributed by atoms with Gasteiger partial charge in [0.15, 0.2) is 0 Å². The van der Waals surface area contributed by atoms with E-state index in [1.54, 1.807) is 0 Å². The van der Waals surface area contributed by atoms with Crippen LogP contribution in [0, 0.1) is 22.7 Å². The Balaban J connectivity index is 2.04. The molecule has 1 unspecified atom stereocenters. The van der Waals surface area contributed by atoms with Crippen molar-refractivity contribution < 1.29 is 4.74 Å². The summed E-state index contributed by atoms with van der Waals surface area (Å²) in [7, 11) is 0. The summed E-state index contributed by atoms with van der Waals surface area (Å²) >= 11 is 0. The summed E-state index contributed by atoms with van der Waals surface area (Å²) in [5.41, 5.74) is -0.245. The number of hydrogen-bond acceptors (Lipinski definition) is 3. The molecule has 15 heavy (non-hydrogen) atoms. The number of nitriles is 1. The summed E-state index contributed by atoms with van der Waals surface area (Å²) in [5, 5.41) is 12.2. The van der Waals surface area contributed by atoms with Crippen molar-refractivity contribution in [3.05, 3.63) is 0 Å². The van der Waals surface area contributed by atoms with Crippen molar-refractivity contribution in [2.75, 3.05) is 26.3 Å². The molecule has 1 fully saturated rings. The summed E-state index contributed by atoms with van der Waals surface area (Å²) in [6.07, 6.45) is 3.36. The third-order valence-electron chi connectivity index (χ3n) is 2.93. The van der Waals surface area contributed by atoms with Crippen LogP contribution in [-0.2, 0) is 4.74 Å². The molecule has 86 valence electrons. The molecule has 0 aromatic rings. The minimum atomic E-state index is -0.245. The molecule has 0 amide bonds. The molecule has 1 N–H and O–H groups in total. The van der Waals surface area contributed by atoms with E-state index in [9.17, 15) is 0 Å². The summed E-state index contributed by atoms with van der Waals surface area (Å²) in [4.78, 5) is 0. The Morgan fingerprint density at radius 1 is 1.53 bits per heavy atom. The lowest BCUT2D eigenvalue weighted by Gasteiger charge is -2.23. The third kappa shape index (κ3) is 5.15. The van der Waals surface area contributed by atoms with Crippen LogP contribution in [0.1, 0.15) is 33.1 Å². The second-order valence-corrected chi connectivity index (χ2v) is 5.03. The van der Waals surface area contributed by atoms with Crippen LogP contribution in [0.25, 0.3) is 0 Å². The normalized spacial score (nSPS) is 22.3. The van der Waals surface area contributed by atoms with Gasteiger partial charge in [0.05, 0.1) is 18.1 Å². The average molecular weight is 210 g/mol. The standard InChI is InChI=1S/C12H22N2O/c1-12(2,10-13)5-7-15-9-11-4-3-6-14-8-11/h11,14H,3-9H2,1-2H3. The van der Waals surface area contributed by atoms with Gasteiger partial charge in [-0.3, -0.25) is 0 Å². The Hall–Kier alpha value is -0.590. The van der Waals surface area contributed by atoms with Crippen LogP contribution in [-0.4, -0.2) is 26.3 Å². The van der Waals surface area contributed by atoms with Crippen LogP contribution in [0.3, 0.4) is 0 Å². The molecule has 3 nitrogen and oxygen atoms in total. The lowest BCUT2D eigenvalue weighted by molar-refractivity contribution is 0.0766. The summed E-state index contributed by atoms with van der Waals surface area (Å²) in [6.45, 7) is 7.70. The Bertz CT molecular complexity index is 214. The largest absolute Gasteiger partial charge is 0.381 e. The topological polar surface area (TPSA) is 45.0 Å². The minimum absolute atomic E-state index is 0.245. The van der Waals surface area contributed by atoms with Gasteiger partial charge in [-0.2, -0.15) is 5.26 Å². The molecule has 1 aliphatic heterocycles. The monoisotopic (exact) mass is 210 g/mol. The SMILES string of the molecule is CC(C)(C#N)CCOCC1CCCNC1. The van der Waals surface area contributed by atoms with E-state index in [4.69, 9.17) is 10.00 Å². The molecular formula is C12H22N2O. The fraction of sp³-hybridized carbons (Fsp3) is 0.917. The molecule has 1 aliphatic rings. The van der Waals surface area contributed by atoms with Gasteiger partial charge in [-0.25, -0.2) is 0 Å². The highest BCUT2D eigenvalue weighted by atomic mass is 16.5. The first-order chi connectivity index (χ1) is 7.14. The zero-order valence-electron chi connectivity index (χ0n) is 9.88. The number of nitrogens with zero attached hydrogens (tertiary/aromatic N) is 1. The van der Waals surface area contributed by atoms with E-state index in [1.165, 1.54) is 12.8 Å². The van der Waals surface area contributed by atoms with Gasteiger partial charge >= 0.3 is 0 Å². The van der Waals surface area contributed by atoms with E-state index in [1.807, 2.05) is 13.8 Å². The maximum absolute atomic E-state index is 8.83. The Morgan fingerprint density at radius 2 is 2.33 bits per heavy atom. The summed E-state index contributed by atoms with van der Waals surface area (Å²) < 4.78 is 5.62. The van der Waals surface area contributed by atoms with Crippen LogP contribution in [0.2, 0.25) is 0 Å². The van der Waals surface area contributed by atoms with E-state index >= 15 is 0 Å². The predicted molar refractivity (Wildman–Crippen MR) is 60.4 cm³/mol. The maximum Gasteiger partial charge on any atom is 0.0684 e. The van der Waals surface area contributed by atoms with Gasteiger partial charge < -0.3 is 10.1 Å². The van der Waals surface area contributed by atoms with Crippen molar-refractivity contribution in [2.24, 2.45) is 11.3 Å². The maximum atomic E-state index is 8.83. The highest BCUT2D eigenvalue weighted by Gasteiger charge is 2.17. The smallest absolute Gasteiger partial charge is 0.0684 e. The third-order valence-corrected chi connectivity index (χ3v) is 2.93. The molecule has 1 rings (SSSR count). The van der Waals surface area contributed by atoms with E-state index in [-0.39, 0.29) is 5.41 Å². The highest BCUT2D eigenvalue weighted by molar-refractivity contribution is 4.91. The summed E-state index contributed by atoms with van der Waals surface area (Å²) in [5.74, 6) is 0.670. The predicted octanol–water partition coefficient (Wildman–Crippen LogP) is 1.94. The van der Waals surface area contributed by atoms with E-state index in [0.717, 1.165) is 26.1 Å². The van der Waals surface area contributed by atoms with Crippen LogP contribution >= 0.6 is 0 Å². The molecule has 0 radical (unpaired) electrons. The molecule has 1 heterocycles. The Morgan fingerprint density at radius 3 is 2.93 bits per heavy atom. The zero-order chi connectivity index (χ0) is 11.1. The molecule has 3 heteroatoms. The second-order valence-electron chi connectivity index (χ2n) is 5.03. The van der Waals surface area contributed by atoms with Gasteiger partial charge in [0.1, 0.15) is 0 Å². The number of hydrogen-bond donors (Lipinski definition) is 1. The van der Waals surface area contributed by atoms with Crippen LogP contribution in [0.15, 0.2) is 0 Å². The van der Waals surface area contributed by atoms with E-state index in [2.05, 4.69) is 11.4 Å². The van der Waals surface area contributed by atoms with Crippen molar-refractivity contribution in [3.8, 4) is 6.07 Å². The van der Waals surface area contributed by atoms with Crippen LogP contribution in [0.5, 0.6) is 0 Å². The fourth-order valence-electron chi connectivity index (χ4n) is 1.70. The first kappa shape index (κ1) is 12.5. The van der Waals surface area contributed by atoms with Crippen molar-refractivity contribution in [1.29, 1.82) is 5.26 Å².